The lowest BCUT2D eigenvalue weighted by molar-refractivity contribution is 0.0116. The number of hydrogen-bond acceptors (Lipinski definition) is 6. The number of likely N-dealkylation sites (tertiary alicyclic amines) is 1. The van der Waals surface area contributed by atoms with Crippen molar-refractivity contribution in [3.05, 3.63) is 50.9 Å². The first-order valence-corrected chi connectivity index (χ1v) is 10.9. The van der Waals surface area contributed by atoms with E-state index in [4.69, 9.17) is 9.47 Å². The van der Waals surface area contributed by atoms with Gasteiger partial charge in [-0.1, -0.05) is 0 Å². The maximum absolute atomic E-state index is 13.5. The Hall–Kier alpha value is -2.52. The van der Waals surface area contributed by atoms with Gasteiger partial charge in [0.1, 0.15) is 16.3 Å². The van der Waals surface area contributed by atoms with Crippen molar-refractivity contribution in [3.8, 4) is 11.5 Å². The number of benzene rings is 1. The Kier molecular flexibility index (Phi) is 5.98. The first-order chi connectivity index (χ1) is 14.8. The van der Waals surface area contributed by atoms with Gasteiger partial charge >= 0.3 is 0 Å². The molecular formula is C22H25F2N3O3S. The van der Waals surface area contributed by atoms with E-state index in [-0.39, 0.29) is 18.5 Å². The van der Waals surface area contributed by atoms with Gasteiger partial charge in [0.15, 0.2) is 0 Å². The summed E-state index contributed by atoms with van der Waals surface area (Å²) in [4.78, 5) is 20.9. The van der Waals surface area contributed by atoms with Crippen molar-refractivity contribution in [2.45, 2.75) is 38.8 Å². The van der Waals surface area contributed by atoms with E-state index < -0.39 is 5.92 Å². The molecule has 1 saturated heterocycles. The van der Waals surface area contributed by atoms with Gasteiger partial charge in [0.05, 0.1) is 32.5 Å². The lowest BCUT2D eigenvalue weighted by Crippen LogP contribution is -2.25. The minimum absolute atomic E-state index is 0.105. The van der Waals surface area contributed by atoms with E-state index in [1.165, 1.54) is 11.3 Å². The minimum atomic E-state index is -2.63. The Balaban J connectivity index is 1.56. The number of thiophene rings is 1. The van der Waals surface area contributed by atoms with Gasteiger partial charge in [0, 0.05) is 37.0 Å². The highest BCUT2D eigenvalue weighted by atomic mass is 32.1. The third-order valence-corrected chi connectivity index (χ3v) is 6.87. The first-order valence-electron chi connectivity index (χ1n) is 10.1. The molecule has 0 spiro atoms. The predicted molar refractivity (Wildman–Crippen MR) is 117 cm³/mol. The highest BCUT2D eigenvalue weighted by Crippen LogP contribution is 2.32. The van der Waals surface area contributed by atoms with E-state index in [0.717, 1.165) is 16.0 Å². The molecule has 166 valence electrons. The summed E-state index contributed by atoms with van der Waals surface area (Å²) in [6.07, 6.45) is 2.06. The van der Waals surface area contributed by atoms with Gasteiger partial charge in [-0.25, -0.2) is 13.8 Å². The van der Waals surface area contributed by atoms with Crippen LogP contribution >= 0.6 is 11.3 Å². The van der Waals surface area contributed by atoms with Crippen LogP contribution in [0.1, 0.15) is 22.4 Å². The van der Waals surface area contributed by atoms with Crippen LogP contribution < -0.4 is 15.0 Å². The lowest BCUT2D eigenvalue weighted by atomic mass is 10.1. The van der Waals surface area contributed by atoms with Crippen LogP contribution in [0.3, 0.4) is 0 Å². The number of nitrogens with zero attached hydrogens (tertiary/aromatic N) is 3. The zero-order valence-electron chi connectivity index (χ0n) is 17.8. The molecule has 6 nitrogen and oxygen atoms in total. The van der Waals surface area contributed by atoms with Crippen molar-refractivity contribution in [1.29, 1.82) is 0 Å². The number of alkyl halides is 2. The number of fused-ring (bicyclic) bond motifs is 1. The number of ether oxygens (including phenoxy) is 2. The molecule has 1 aliphatic heterocycles. The maximum Gasteiger partial charge on any atom is 0.262 e. The molecular weight excluding hydrogens is 424 g/mol. The van der Waals surface area contributed by atoms with Crippen LogP contribution in [0.15, 0.2) is 29.3 Å². The number of hydrogen-bond donors (Lipinski definition) is 0. The van der Waals surface area contributed by atoms with Crippen LogP contribution in [0.4, 0.5) is 8.78 Å². The Bertz CT molecular complexity index is 1140. The fourth-order valence-electron chi connectivity index (χ4n) is 3.92. The van der Waals surface area contributed by atoms with Crippen molar-refractivity contribution >= 4 is 21.6 Å². The van der Waals surface area contributed by atoms with E-state index in [9.17, 15) is 13.6 Å². The normalized spacial score (nSPS) is 16.2. The lowest BCUT2D eigenvalue weighted by Gasteiger charge is -2.14. The summed E-state index contributed by atoms with van der Waals surface area (Å²) in [5, 5.41) is 0.580. The zero-order valence-corrected chi connectivity index (χ0v) is 18.6. The van der Waals surface area contributed by atoms with Gasteiger partial charge in [-0.3, -0.25) is 14.3 Å². The smallest absolute Gasteiger partial charge is 0.262 e. The second-order valence-corrected chi connectivity index (χ2v) is 8.94. The summed E-state index contributed by atoms with van der Waals surface area (Å²) in [5.74, 6) is -1.24. The van der Waals surface area contributed by atoms with Gasteiger partial charge in [-0.2, -0.15) is 0 Å². The van der Waals surface area contributed by atoms with Crippen molar-refractivity contribution in [2.24, 2.45) is 0 Å². The topological polar surface area (TPSA) is 56.6 Å². The highest BCUT2D eigenvalue weighted by molar-refractivity contribution is 7.18. The van der Waals surface area contributed by atoms with Crippen LogP contribution in [-0.2, 0) is 19.5 Å². The van der Waals surface area contributed by atoms with E-state index in [1.54, 1.807) is 36.1 Å². The van der Waals surface area contributed by atoms with Crippen LogP contribution in [0.25, 0.3) is 10.2 Å². The van der Waals surface area contributed by atoms with Crippen molar-refractivity contribution in [2.75, 3.05) is 27.3 Å². The molecule has 2 aromatic heterocycles. The van der Waals surface area contributed by atoms with E-state index >= 15 is 0 Å². The molecule has 0 radical (unpaired) electrons. The molecule has 1 aromatic carbocycles. The second-order valence-electron chi connectivity index (χ2n) is 7.86. The molecule has 0 aliphatic carbocycles. The zero-order chi connectivity index (χ0) is 22.2. The largest absolute Gasteiger partial charge is 0.497 e. The molecule has 0 N–H and O–H groups in total. The van der Waals surface area contributed by atoms with Crippen LogP contribution in [0.5, 0.6) is 11.5 Å². The summed E-state index contributed by atoms with van der Waals surface area (Å²) in [6.45, 7) is 2.89. The molecule has 1 aliphatic rings. The highest BCUT2D eigenvalue weighted by Gasteiger charge is 2.38. The van der Waals surface area contributed by atoms with E-state index in [1.807, 2.05) is 19.1 Å². The summed E-state index contributed by atoms with van der Waals surface area (Å²) in [5.41, 5.74) is 1.72. The maximum atomic E-state index is 13.5. The third kappa shape index (κ3) is 4.57. The molecule has 0 unspecified atom stereocenters. The molecule has 31 heavy (non-hydrogen) atoms. The van der Waals surface area contributed by atoms with Crippen molar-refractivity contribution in [1.82, 2.24) is 14.5 Å². The van der Waals surface area contributed by atoms with E-state index in [2.05, 4.69) is 4.98 Å². The van der Waals surface area contributed by atoms with Crippen LogP contribution in [0, 0.1) is 6.92 Å². The fourth-order valence-corrected chi connectivity index (χ4v) is 5.10. The van der Waals surface area contributed by atoms with Crippen molar-refractivity contribution < 1.29 is 18.3 Å². The van der Waals surface area contributed by atoms with Gasteiger partial charge in [-0.15, -0.1) is 11.3 Å². The molecule has 0 saturated carbocycles. The van der Waals surface area contributed by atoms with Gasteiger partial charge in [0.25, 0.3) is 11.5 Å². The second kappa shape index (κ2) is 8.55. The third-order valence-electron chi connectivity index (χ3n) is 5.68. The number of aryl methyl sites for hydroxylation is 3. The Morgan fingerprint density at radius 2 is 1.90 bits per heavy atom. The summed E-state index contributed by atoms with van der Waals surface area (Å²) in [6, 6.07) is 5.63. The average molecular weight is 450 g/mol. The quantitative estimate of drug-likeness (QED) is 0.548. The summed E-state index contributed by atoms with van der Waals surface area (Å²) < 4.78 is 39.3. The number of halogens is 2. The Morgan fingerprint density at radius 3 is 2.52 bits per heavy atom. The van der Waals surface area contributed by atoms with Crippen molar-refractivity contribution in [3.63, 3.8) is 0 Å². The molecule has 3 heterocycles. The SMILES string of the molecule is COc1cc(CCn2cnc3sc(CN4CCC(F)(F)C4)c(C)c3c2=O)cc(OC)c1. The van der Waals surface area contributed by atoms with Crippen LogP contribution in [0.2, 0.25) is 0 Å². The van der Waals surface area contributed by atoms with Gasteiger partial charge in [0.2, 0.25) is 0 Å². The molecule has 3 aromatic rings. The van der Waals surface area contributed by atoms with Gasteiger partial charge in [-0.05, 0) is 36.6 Å². The minimum Gasteiger partial charge on any atom is -0.497 e. The summed E-state index contributed by atoms with van der Waals surface area (Å²) in [7, 11) is 3.20. The monoisotopic (exact) mass is 449 g/mol. The average Bonchev–Trinajstić information content (AvgIpc) is 3.26. The van der Waals surface area contributed by atoms with E-state index in [0.29, 0.717) is 47.8 Å². The molecule has 9 heteroatoms. The number of rotatable bonds is 7. The molecule has 0 atom stereocenters. The molecule has 0 amide bonds. The Labute approximate surface area is 183 Å². The fraction of sp³-hybridized carbons (Fsp3) is 0.455. The predicted octanol–water partition coefficient (Wildman–Crippen LogP) is 3.87. The molecule has 4 rings (SSSR count). The standard InChI is InChI=1S/C22H25F2N3O3S/c1-14-18(11-26-7-5-22(23,24)12-26)31-20-19(14)21(28)27(13-25-20)6-4-15-8-16(29-2)10-17(9-15)30-3/h8-10,13H,4-7,11-12H2,1-3H3. The first kappa shape index (κ1) is 21.7. The van der Waals surface area contributed by atoms with Crippen LogP contribution in [-0.4, -0.2) is 47.7 Å². The van der Waals surface area contributed by atoms with Gasteiger partial charge < -0.3 is 9.47 Å². The molecule has 1 fully saturated rings. The number of methoxy groups -OCH3 is 2. The Morgan fingerprint density at radius 1 is 1.19 bits per heavy atom. The summed E-state index contributed by atoms with van der Waals surface area (Å²) >= 11 is 1.41. The molecule has 0 bridgehead atoms. The number of aromatic nitrogens is 2.